The van der Waals surface area contributed by atoms with E-state index in [1.807, 2.05) is 17.9 Å². The number of hydrogen-bond donors (Lipinski definition) is 1. The summed E-state index contributed by atoms with van der Waals surface area (Å²) >= 11 is 0. The second-order valence-electron chi connectivity index (χ2n) is 7.31. The van der Waals surface area contributed by atoms with Crippen molar-refractivity contribution in [1.29, 1.82) is 0 Å². The lowest BCUT2D eigenvalue weighted by Gasteiger charge is -2.33. The molecule has 134 valence electrons. The molecular formula is C20H22N4O2. The van der Waals surface area contributed by atoms with Gasteiger partial charge in [0.15, 0.2) is 0 Å². The number of hydrogen-bond acceptors (Lipinski definition) is 4. The molecule has 1 unspecified atom stereocenters. The monoisotopic (exact) mass is 350 g/mol. The van der Waals surface area contributed by atoms with Gasteiger partial charge in [-0.2, -0.15) is 0 Å². The Bertz CT molecular complexity index is 829. The van der Waals surface area contributed by atoms with Crippen LogP contribution in [0, 0.1) is 12.3 Å². The van der Waals surface area contributed by atoms with Crippen LogP contribution in [0.1, 0.15) is 45.5 Å². The third-order valence-corrected chi connectivity index (χ3v) is 5.75. The predicted molar refractivity (Wildman–Crippen MR) is 96.7 cm³/mol. The number of pyridine rings is 2. The van der Waals surface area contributed by atoms with Crippen LogP contribution < -0.4 is 5.32 Å². The van der Waals surface area contributed by atoms with E-state index in [0.717, 1.165) is 37.9 Å². The van der Waals surface area contributed by atoms with Gasteiger partial charge in [-0.1, -0.05) is 0 Å². The number of carbonyl (C=O) groups is 2. The van der Waals surface area contributed by atoms with Crippen LogP contribution in [0.2, 0.25) is 0 Å². The minimum atomic E-state index is -0.0428. The number of nitrogens with one attached hydrogen (secondary N) is 1. The zero-order chi connectivity index (χ0) is 18.1. The van der Waals surface area contributed by atoms with Crippen LogP contribution in [-0.4, -0.2) is 45.8 Å². The van der Waals surface area contributed by atoms with Crippen molar-refractivity contribution in [2.75, 3.05) is 13.1 Å². The third-order valence-electron chi connectivity index (χ3n) is 5.75. The molecule has 1 saturated carbocycles. The molecule has 2 amide bonds. The fourth-order valence-corrected chi connectivity index (χ4v) is 3.86. The topological polar surface area (TPSA) is 75.2 Å². The van der Waals surface area contributed by atoms with Gasteiger partial charge in [-0.05, 0) is 55.4 Å². The molecule has 1 atom stereocenters. The minimum Gasteiger partial charge on any atom is -0.349 e. The van der Waals surface area contributed by atoms with Gasteiger partial charge in [-0.15, -0.1) is 0 Å². The highest BCUT2D eigenvalue weighted by Crippen LogP contribution is 2.54. The van der Waals surface area contributed by atoms with Crippen LogP contribution in [0.3, 0.4) is 0 Å². The zero-order valence-electron chi connectivity index (χ0n) is 14.8. The number of piperidine rings is 1. The Kier molecular flexibility index (Phi) is 4.18. The summed E-state index contributed by atoms with van der Waals surface area (Å²) in [4.78, 5) is 34.9. The number of carbonyl (C=O) groups excluding carboxylic acids is 2. The van der Waals surface area contributed by atoms with Crippen LogP contribution in [-0.2, 0) is 0 Å². The zero-order valence-corrected chi connectivity index (χ0v) is 14.8. The van der Waals surface area contributed by atoms with E-state index in [4.69, 9.17) is 0 Å². The van der Waals surface area contributed by atoms with Crippen molar-refractivity contribution < 1.29 is 9.59 Å². The SMILES string of the molecule is Cc1ccncc1C(=O)N1CCC2(CC1)CC2NC(=O)c1ccncc1. The van der Waals surface area contributed by atoms with Crippen LogP contribution in [0.25, 0.3) is 0 Å². The number of aryl methyl sites for hydroxylation is 1. The molecule has 2 fully saturated rings. The van der Waals surface area contributed by atoms with Crippen LogP contribution in [0.4, 0.5) is 0 Å². The first-order valence-electron chi connectivity index (χ1n) is 9.00. The molecular weight excluding hydrogens is 328 g/mol. The number of likely N-dealkylation sites (tertiary alicyclic amines) is 1. The largest absolute Gasteiger partial charge is 0.349 e. The summed E-state index contributed by atoms with van der Waals surface area (Å²) in [5.74, 6) is 0.0160. The van der Waals surface area contributed by atoms with Crippen molar-refractivity contribution >= 4 is 11.8 Å². The molecule has 0 aromatic carbocycles. The maximum Gasteiger partial charge on any atom is 0.255 e. The Morgan fingerprint density at radius 3 is 2.50 bits per heavy atom. The van der Waals surface area contributed by atoms with Crippen molar-refractivity contribution in [3.8, 4) is 0 Å². The Labute approximate surface area is 152 Å². The number of aromatic nitrogens is 2. The minimum absolute atomic E-state index is 0.0428. The summed E-state index contributed by atoms with van der Waals surface area (Å²) in [6.07, 6.45) is 9.47. The predicted octanol–water partition coefficient (Wildman–Crippen LogP) is 2.21. The number of amides is 2. The van der Waals surface area contributed by atoms with Gasteiger partial charge in [0.2, 0.25) is 0 Å². The molecule has 1 aliphatic carbocycles. The molecule has 6 nitrogen and oxygen atoms in total. The van der Waals surface area contributed by atoms with Crippen LogP contribution >= 0.6 is 0 Å². The second-order valence-corrected chi connectivity index (χ2v) is 7.31. The van der Waals surface area contributed by atoms with Crippen molar-refractivity contribution in [2.45, 2.75) is 32.2 Å². The van der Waals surface area contributed by atoms with Gasteiger partial charge in [-0.25, -0.2) is 0 Å². The molecule has 1 aliphatic heterocycles. The van der Waals surface area contributed by atoms with Crippen molar-refractivity contribution in [3.05, 3.63) is 59.7 Å². The average molecular weight is 350 g/mol. The summed E-state index contributed by atoms with van der Waals surface area (Å²) < 4.78 is 0. The summed E-state index contributed by atoms with van der Waals surface area (Å²) in [5.41, 5.74) is 2.44. The van der Waals surface area contributed by atoms with E-state index in [1.54, 1.807) is 36.9 Å². The maximum absolute atomic E-state index is 12.7. The van der Waals surface area contributed by atoms with E-state index < -0.39 is 0 Å². The summed E-state index contributed by atoms with van der Waals surface area (Å²) in [6.45, 7) is 3.40. The number of nitrogens with zero attached hydrogens (tertiary/aromatic N) is 3. The Morgan fingerprint density at radius 1 is 1.12 bits per heavy atom. The molecule has 0 radical (unpaired) electrons. The Balaban J connectivity index is 1.34. The fourth-order valence-electron chi connectivity index (χ4n) is 3.86. The Morgan fingerprint density at radius 2 is 1.81 bits per heavy atom. The Hall–Kier alpha value is -2.76. The summed E-state index contributed by atoms with van der Waals surface area (Å²) in [6, 6.07) is 5.52. The lowest BCUT2D eigenvalue weighted by atomic mass is 9.92. The van der Waals surface area contributed by atoms with E-state index in [-0.39, 0.29) is 23.3 Å². The highest BCUT2D eigenvalue weighted by atomic mass is 16.2. The molecule has 6 heteroatoms. The average Bonchev–Trinajstić information content (AvgIpc) is 3.33. The van der Waals surface area contributed by atoms with Gasteiger partial charge in [0.25, 0.3) is 11.8 Å². The van der Waals surface area contributed by atoms with Gasteiger partial charge in [0.05, 0.1) is 5.56 Å². The molecule has 2 aromatic heterocycles. The lowest BCUT2D eigenvalue weighted by molar-refractivity contribution is 0.0666. The smallest absolute Gasteiger partial charge is 0.255 e. The molecule has 0 bridgehead atoms. The van der Waals surface area contributed by atoms with Crippen molar-refractivity contribution in [2.24, 2.45) is 5.41 Å². The van der Waals surface area contributed by atoms with Gasteiger partial charge in [0.1, 0.15) is 0 Å². The molecule has 4 rings (SSSR count). The van der Waals surface area contributed by atoms with E-state index in [2.05, 4.69) is 15.3 Å². The molecule has 26 heavy (non-hydrogen) atoms. The van der Waals surface area contributed by atoms with E-state index in [1.165, 1.54) is 0 Å². The van der Waals surface area contributed by atoms with Crippen LogP contribution in [0.15, 0.2) is 43.0 Å². The standard InChI is InChI=1S/C20H22N4O2/c1-14-2-7-22-13-16(14)19(26)24-10-5-20(6-11-24)12-17(20)23-18(25)15-3-8-21-9-4-15/h2-4,7-9,13,17H,5-6,10-12H2,1H3,(H,23,25). The molecule has 3 heterocycles. The highest BCUT2D eigenvalue weighted by Gasteiger charge is 2.56. The normalized spacial score (nSPS) is 20.7. The van der Waals surface area contributed by atoms with Gasteiger partial charge in [-0.3, -0.25) is 19.6 Å². The first-order valence-corrected chi connectivity index (χ1v) is 9.00. The van der Waals surface area contributed by atoms with Crippen molar-refractivity contribution in [3.63, 3.8) is 0 Å². The van der Waals surface area contributed by atoms with Crippen LogP contribution in [0.5, 0.6) is 0 Å². The molecule has 1 spiro atoms. The molecule has 2 aromatic rings. The van der Waals surface area contributed by atoms with Gasteiger partial charge in [0, 0.05) is 49.5 Å². The third kappa shape index (κ3) is 3.07. The van der Waals surface area contributed by atoms with Gasteiger partial charge < -0.3 is 10.2 Å². The second kappa shape index (κ2) is 6.52. The molecule has 1 saturated heterocycles. The highest BCUT2D eigenvalue weighted by molar-refractivity contribution is 5.95. The van der Waals surface area contributed by atoms with Crippen molar-refractivity contribution in [1.82, 2.24) is 20.2 Å². The summed E-state index contributed by atoms with van der Waals surface area (Å²) in [7, 11) is 0. The lowest BCUT2D eigenvalue weighted by Crippen LogP contribution is -2.42. The number of rotatable bonds is 3. The van der Waals surface area contributed by atoms with E-state index >= 15 is 0 Å². The first-order chi connectivity index (χ1) is 12.6. The molecule has 1 N–H and O–H groups in total. The quantitative estimate of drug-likeness (QED) is 0.921. The van der Waals surface area contributed by atoms with E-state index in [9.17, 15) is 9.59 Å². The van der Waals surface area contributed by atoms with Gasteiger partial charge >= 0.3 is 0 Å². The first kappa shape index (κ1) is 16.7. The van der Waals surface area contributed by atoms with E-state index in [0.29, 0.717) is 11.1 Å². The maximum atomic E-state index is 12.7. The summed E-state index contributed by atoms with van der Waals surface area (Å²) in [5, 5.41) is 3.14. The molecule has 2 aliphatic rings. The fraction of sp³-hybridized carbons (Fsp3) is 0.400.